The lowest BCUT2D eigenvalue weighted by Crippen LogP contribution is -2.65. The largest absolute Gasteiger partial charge is 0.350 e. The molecule has 1 aromatic rings. The van der Waals surface area contributed by atoms with E-state index < -0.39 is 5.54 Å². The molecule has 0 aromatic carbocycles. The molecular weight excluding hydrogens is 316 g/mol. The molecule has 3 N–H and O–H groups in total. The third kappa shape index (κ3) is 5.26. The van der Waals surface area contributed by atoms with Crippen LogP contribution in [0.4, 0.5) is 0 Å². The lowest BCUT2D eigenvalue weighted by Gasteiger charge is -2.41. The SMILES string of the molecule is CCC1CCC(NNC(=O)c2ccncc2)(C(=O)NC(C)(C)C)CC1. The van der Waals surface area contributed by atoms with Gasteiger partial charge in [-0.25, -0.2) is 5.43 Å². The van der Waals surface area contributed by atoms with Crippen LogP contribution in [0.1, 0.15) is 70.2 Å². The maximum atomic E-state index is 12.9. The lowest BCUT2D eigenvalue weighted by molar-refractivity contribution is -0.131. The van der Waals surface area contributed by atoms with E-state index in [1.165, 1.54) is 0 Å². The topological polar surface area (TPSA) is 83.1 Å². The van der Waals surface area contributed by atoms with Gasteiger partial charge in [-0.1, -0.05) is 13.3 Å². The van der Waals surface area contributed by atoms with Crippen molar-refractivity contribution in [3.05, 3.63) is 30.1 Å². The molecule has 25 heavy (non-hydrogen) atoms. The minimum atomic E-state index is -0.762. The molecule has 1 aliphatic rings. The fourth-order valence-electron chi connectivity index (χ4n) is 3.20. The van der Waals surface area contributed by atoms with Crippen LogP contribution in [0, 0.1) is 5.92 Å². The third-order valence-corrected chi connectivity index (χ3v) is 4.82. The van der Waals surface area contributed by atoms with E-state index in [0.717, 1.165) is 19.3 Å². The number of aromatic nitrogens is 1. The van der Waals surface area contributed by atoms with Crippen LogP contribution in [0.15, 0.2) is 24.5 Å². The van der Waals surface area contributed by atoms with Crippen LogP contribution in [0.2, 0.25) is 0 Å². The monoisotopic (exact) mass is 346 g/mol. The number of amides is 2. The zero-order chi connectivity index (χ0) is 18.5. The normalized spacial score (nSPS) is 23.8. The van der Waals surface area contributed by atoms with Crippen molar-refractivity contribution in [3.63, 3.8) is 0 Å². The highest BCUT2D eigenvalue weighted by Gasteiger charge is 2.42. The smallest absolute Gasteiger partial charge is 0.265 e. The van der Waals surface area contributed by atoms with Crippen LogP contribution in [-0.4, -0.2) is 27.9 Å². The molecule has 0 radical (unpaired) electrons. The number of pyridine rings is 1. The maximum absolute atomic E-state index is 12.9. The van der Waals surface area contributed by atoms with Gasteiger partial charge in [-0.15, -0.1) is 0 Å². The Bertz CT molecular complexity index is 587. The van der Waals surface area contributed by atoms with E-state index in [1.807, 2.05) is 20.8 Å². The molecule has 138 valence electrons. The minimum Gasteiger partial charge on any atom is -0.350 e. The van der Waals surface area contributed by atoms with Crippen molar-refractivity contribution in [1.29, 1.82) is 0 Å². The van der Waals surface area contributed by atoms with Crippen LogP contribution in [0.25, 0.3) is 0 Å². The van der Waals surface area contributed by atoms with Crippen LogP contribution >= 0.6 is 0 Å². The molecule has 2 rings (SSSR count). The Morgan fingerprint density at radius 3 is 2.32 bits per heavy atom. The molecule has 6 heteroatoms. The van der Waals surface area contributed by atoms with Crippen molar-refractivity contribution in [2.24, 2.45) is 5.92 Å². The van der Waals surface area contributed by atoms with Crippen LogP contribution in [0.3, 0.4) is 0 Å². The van der Waals surface area contributed by atoms with Crippen molar-refractivity contribution in [3.8, 4) is 0 Å². The summed E-state index contributed by atoms with van der Waals surface area (Å²) in [6.45, 7) is 8.08. The fourth-order valence-corrected chi connectivity index (χ4v) is 3.20. The summed E-state index contributed by atoms with van der Waals surface area (Å²) in [7, 11) is 0. The van der Waals surface area contributed by atoms with Gasteiger partial charge in [-0.05, 0) is 64.5 Å². The van der Waals surface area contributed by atoms with Crippen molar-refractivity contribution in [2.75, 3.05) is 0 Å². The second-order valence-electron chi connectivity index (χ2n) is 7.95. The van der Waals surface area contributed by atoms with Gasteiger partial charge < -0.3 is 5.32 Å². The number of hydrazine groups is 1. The van der Waals surface area contributed by atoms with Gasteiger partial charge in [0.1, 0.15) is 5.54 Å². The highest BCUT2D eigenvalue weighted by atomic mass is 16.2. The summed E-state index contributed by atoms with van der Waals surface area (Å²) in [5.41, 5.74) is 5.23. The Kier molecular flexibility index (Phi) is 6.16. The predicted octanol–water partition coefficient (Wildman–Crippen LogP) is 2.57. The standard InChI is InChI=1S/C19H30N4O2/c1-5-14-6-10-19(11-7-14,17(25)21-18(2,3)4)23-22-16(24)15-8-12-20-13-9-15/h8-9,12-14,23H,5-7,10-11H2,1-4H3,(H,21,25)(H,22,24). The third-order valence-electron chi connectivity index (χ3n) is 4.82. The Labute approximate surface area is 150 Å². The van der Waals surface area contributed by atoms with E-state index in [4.69, 9.17) is 0 Å². The summed E-state index contributed by atoms with van der Waals surface area (Å²) in [6.07, 6.45) is 7.65. The summed E-state index contributed by atoms with van der Waals surface area (Å²) >= 11 is 0. The van der Waals surface area contributed by atoms with Crippen LogP contribution in [-0.2, 0) is 4.79 Å². The molecular formula is C19H30N4O2. The summed E-state index contributed by atoms with van der Waals surface area (Å²) in [5, 5.41) is 3.06. The highest BCUT2D eigenvalue weighted by Crippen LogP contribution is 2.34. The lowest BCUT2D eigenvalue weighted by atomic mass is 9.75. The number of hydrogen-bond donors (Lipinski definition) is 3. The average Bonchev–Trinajstić information content (AvgIpc) is 2.59. The predicted molar refractivity (Wildman–Crippen MR) is 97.7 cm³/mol. The number of nitrogens with one attached hydrogen (secondary N) is 3. The molecule has 1 saturated carbocycles. The molecule has 0 bridgehead atoms. The number of hydrogen-bond acceptors (Lipinski definition) is 4. The zero-order valence-corrected chi connectivity index (χ0v) is 15.7. The number of carbonyl (C=O) groups is 2. The maximum Gasteiger partial charge on any atom is 0.265 e. The summed E-state index contributed by atoms with van der Waals surface area (Å²) in [6, 6.07) is 3.29. The Hall–Kier alpha value is -1.95. The first-order valence-corrected chi connectivity index (χ1v) is 9.06. The van der Waals surface area contributed by atoms with Gasteiger partial charge in [-0.2, -0.15) is 0 Å². The Balaban J connectivity index is 2.09. The van der Waals surface area contributed by atoms with E-state index in [-0.39, 0.29) is 17.4 Å². The van der Waals surface area contributed by atoms with Crippen molar-refractivity contribution < 1.29 is 9.59 Å². The molecule has 0 spiro atoms. The van der Waals surface area contributed by atoms with Gasteiger partial charge in [0.15, 0.2) is 0 Å². The molecule has 0 aliphatic heterocycles. The first kappa shape index (κ1) is 19.4. The van der Waals surface area contributed by atoms with Crippen molar-refractivity contribution >= 4 is 11.8 Å². The molecule has 6 nitrogen and oxygen atoms in total. The summed E-state index contributed by atoms with van der Waals surface area (Å²) < 4.78 is 0. The second-order valence-corrected chi connectivity index (χ2v) is 7.95. The quantitative estimate of drug-likeness (QED) is 0.716. The molecule has 1 aromatic heterocycles. The minimum absolute atomic E-state index is 0.0513. The number of rotatable bonds is 5. The summed E-state index contributed by atoms with van der Waals surface area (Å²) in [5.74, 6) is 0.334. The fraction of sp³-hybridized carbons (Fsp3) is 0.632. The van der Waals surface area contributed by atoms with Gasteiger partial charge >= 0.3 is 0 Å². The zero-order valence-electron chi connectivity index (χ0n) is 15.7. The van der Waals surface area contributed by atoms with E-state index in [1.54, 1.807) is 24.5 Å². The molecule has 0 unspecified atom stereocenters. The van der Waals surface area contributed by atoms with Gasteiger partial charge in [0, 0.05) is 23.5 Å². The van der Waals surface area contributed by atoms with Crippen molar-refractivity contribution in [2.45, 2.75) is 70.9 Å². The Morgan fingerprint density at radius 2 is 1.80 bits per heavy atom. The van der Waals surface area contributed by atoms with Crippen molar-refractivity contribution in [1.82, 2.24) is 21.2 Å². The molecule has 1 heterocycles. The molecule has 2 amide bonds. The van der Waals surface area contributed by atoms with Gasteiger partial charge in [-0.3, -0.25) is 20.0 Å². The Morgan fingerprint density at radius 1 is 1.20 bits per heavy atom. The molecule has 0 saturated heterocycles. The first-order valence-electron chi connectivity index (χ1n) is 9.06. The van der Waals surface area contributed by atoms with Gasteiger partial charge in [0.25, 0.3) is 5.91 Å². The average molecular weight is 346 g/mol. The van der Waals surface area contributed by atoms with E-state index >= 15 is 0 Å². The highest BCUT2D eigenvalue weighted by molar-refractivity contribution is 5.94. The van der Waals surface area contributed by atoms with Gasteiger partial charge in [0.05, 0.1) is 0 Å². The van der Waals surface area contributed by atoms with Crippen LogP contribution in [0.5, 0.6) is 0 Å². The first-order chi connectivity index (χ1) is 11.8. The van der Waals surface area contributed by atoms with E-state index in [9.17, 15) is 9.59 Å². The number of carbonyl (C=O) groups excluding carboxylic acids is 2. The van der Waals surface area contributed by atoms with E-state index in [0.29, 0.717) is 24.3 Å². The molecule has 1 fully saturated rings. The second kappa shape index (κ2) is 7.95. The van der Waals surface area contributed by atoms with Gasteiger partial charge in [0.2, 0.25) is 5.91 Å². The molecule has 0 atom stereocenters. The van der Waals surface area contributed by atoms with E-state index in [2.05, 4.69) is 28.1 Å². The molecule has 1 aliphatic carbocycles. The summed E-state index contributed by atoms with van der Waals surface area (Å²) in [4.78, 5) is 29.2. The number of nitrogens with zero attached hydrogens (tertiary/aromatic N) is 1. The van der Waals surface area contributed by atoms with Crippen LogP contribution < -0.4 is 16.2 Å².